The zero-order valence-corrected chi connectivity index (χ0v) is 20.6. The van der Waals surface area contributed by atoms with E-state index in [-0.39, 0.29) is 24.1 Å². The number of hydrogen-bond donors (Lipinski definition) is 1. The average molecular weight is 464 g/mol. The molecule has 1 aromatic rings. The van der Waals surface area contributed by atoms with Crippen LogP contribution in [0.3, 0.4) is 0 Å². The molecule has 1 N–H and O–H groups in total. The molecular formula is C28H37N3O3. The summed E-state index contributed by atoms with van der Waals surface area (Å²) in [5.74, 6) is -0.715. The van der Waals surface area contributed by atoms with Gasteiger partial charge in [-0.1, -0.05) is 38.8 Å². The highest BCUT2D eigenvalue weighted by atomic mass is 16.2. The Hall–Kier alpha value is -2.47. The minimum absolute atomic E-state index is 0.104. The van der Waals surface area contributed by atoms with Crippen LogP contribution in [0.2, 0.25) is 0 Å². The van der Waals surface area contributed by atoms with Gasteiger partial charge in [-0.05, 0) is 72.8 Å². The second-order valence-electron chi connectivity index (χ2n) is 10.8. The third-order valence-corrected chi connectivity index (χ3v) is 8.55. The lowest BCUT2D eigenvalue weighted by atomic mass is 9.60. The van der Waals surface area contributed by atoms with Crippen LogP contribution in [0.1, 0.15) is 93.1 Å². The highest BCUT2D eigenvalue weighted by molar-refractivity contribution is 6.05. The molecule has 3 amide bonds. The normalized spacial score (nSPS) is 25.1. The lowest BCUT2D eigenvalue weighted by Gasteiger charge is -2.53. The Bertz CT molecular complexity index is 1020. The maximum Gasteiger partial charge on any atom is 0.255 e. The smallest absolute Gasteiger partial charge is 0.255 e. The van der Waals surface area contributed by atoms with Gasteiger partial charge in [-0.3, -0.25) is 24.6 Å². The van der Waals surface area contributed by atoms with Crippen LogP contribution in [0.15, 0.2) is 24.3 Å². The van der Waals surface area contributed by atoms with E-state index in [1.165, 1.54) is 49.7 Å². The first-order valence-corrected chi connectivity index (χ1v) is 13.1. The van der Waals surface area contributed by atoms with Crippen molar-refractivity contribution in [2.75, 3.05) is 13.1 Å². The van der Waals surface area contributed by atoms with Gasteiger partial charge in [-0.2, -0.15) is 0 Å². The van der Waals surface area contributed by atoms with Crippen LogP contribution in [0.5, 0.6) is 0 Å². The molecule has 1 atom stereocenters. The highest BCUT2D eigenvalue weighted by Gasteiger charge is 2.45. The first-order chi connectivity index (χ1) is 16.4. The third kappa shape index (κ3) is 4.21. The minimum atomic E-state index is -0.557. The molecule has 1 saturated carbocycles. The van der Waals surface area contributed by atoms with E-state index in [9.17, 15) is 14.4 Å². The molecule has 0 bridgehead atoms. The van der Waals surface area contributed by atoms with Crippen molar-refractivity contribution in [3.63, 3.8) is 0 Å². The van der Waals surface area contributed by atoms with Crippen LogP contribution < -0.4 is 5.32 Å². The summed E-state index contributed by atoms with van der Waals surface area (Å²) in [5, 5.41) is 2.37. The van der Waals surface area contributed by atoms with Crippen LogP contribution in [0, 0.1) is 5.41 Å². The fourth-order valence-electron chi connectivity index (χ4n) is 6.84. The SMILES string of the molecule is CCCC1(CCC)CC(N2CC=C(c3ccc4c(c3)CN(C3CCC(=O)NC3=O)C4=O)CC2)C1. The van der Waals surface area contributed by atoms with Crippen molar-refractivity contribution < 1.29 is 14.4 Å². The molecule has 1 aliphatic carbocycles. The number of carbonyl (C=O) groups excluding carboxylic acids is 3. The number of carbonyl (C=O) groups is 3. The number of hydrogen-bond acceptors (Lipinski definition) is 4. The predicted octanol–water partition coefficient (Wildman–Crippen LogP) is 4.29. The van der Waals surface area contributed by atoms with Crippen LogP contribution in [0.4, 0.5) is 0 Å². The predicted molar refractivity (Wildman–Crippen MR) is 132 cm³/mol. The van der Waals surface area contributed by atoms with Gasteiger partial charge in [0.2, 0.25) is 11.8 Å². The number of amides is 3. The number of nitrogens with one attached hydrogen (secondary N) is 1. The molecule has 6 heteroatoms. The maximum absolute atomic E-state index is 13.0. The third-order valence-electron chi connectivity index (χ3n) is 8.55. The van der Waals surface area contributed by atoms with E-state index < -0.39 is 6.04 Å². The number of rotatable bonds is 7. The van der Waals surface area contributed by atoms with Crippen LogP contribution in [0.25, 0.3) is 5.57 Å². The molecule has 5 rings (SSSR count). The molecule has 34 heavy (non-hydrogen) atoms. The van der Waals surface area contributed by atoms with Gasteiger partial charge in [0.1, 0.15) is 6.04 Å². The average Bonchev–Trinajstić information content (AvgIpc) is 3.13. The second-order valence-corrected chi connectivity index (χ2v) is 10.8. The minimum Gasteiger partial charge on any atom is -0.322 e. The highest BCUT2D eigenvalue weighted by Crippen LogP contribution is 2.51. The molecule has 0 spiro atoms. The quantitative estimate of drug-likeness (QED) is 0.613. The summed E-state index contributed by atoms with van der Waals surface area (Å²) in [6.07, 6.45) is 12.1. The van der Waals surface area contributed by atoms with Gasteiger partial charge in [0, 0.05) is 37.7 Å². The van der Waals surface area contributed by atoms with Crippen molar-refractivity contribution in [2.45, 2.75) is 90.3 Å². The van der Waals surface area contributed by atoms with E-state index >= 15 is 0 Å². The molecule has 1 aromatic carbocycles. The van der Waals surface area contributed by atoms with E-state index in [2.05, 4.69) is 42.3 Å². The molecule has 1 unspecified atom stereocenters. The Morgan fingerprint density at radius 2 is 1.82 bits per heavy atom. The Morgan fingerprint density at radius 3 is 2.47 bits per heavy atom. The van der Waals surface area contributed by atoms with Gasteiger partial charge in [-0.25, -0.2) is 0 Å². The Kier molecular flexibility index (Phi) is 6.36. The summed E-state index contributed by atoms with van der Waals surface area (Å²) in [5.41, 5.74) is 4.82. The molecule has 0 aromatic heterocycles. The molecule has 3 heterocycles. The number of imide groups is 1. The van der Waals surface area contributed by atoms with Gasteiger partial charge >= 0.3 is 0 Å². The van der Waals surface area contributed by atoms with E-state index in [4.69, 9.17) is 0 Å². The summed E-state index contributed by atoms with van der Waals surface area (Å²) in [4.78, 5) is 41.0. The molecule has 3 aliphatic heterocycles. The molecule has 182 valence electrons. The molecule has 2 fully saturated rings. The monoisotopic (exact) mass is 463 g/mol. The van der Waals surface area contributed by atoms with Crippen molar-refractivity contribution in [3.8, 4) is 0 Å². The van der Waals surface area contributed by atoms with E-state index in [1.807, 2.05) is 6.07 Å². The summed E-state index contributed by atoms with van der Waals surface area (Å²) in [6, 6.07) is 6.29. The Balaban J connectivity index is 1.23. The number of fused-ring (bicyclic) bond motifs is 1. The second kappa shape index (κ2) is 9.29. The topological polar surface area (TPSA) is 69.7 Å². The van der Waals surface area contributed by atoms with Crippen LogP contribution in [-0.2, 0) is 16.1 Å². The van der Waals surface area contributed by atoms with Crippen molar-refractivity contribution in [2.24, 2.45) is 5.41 Å². The lowest BCUT2D eigenvalue weighted by molar-refractivity contribution is -0.136. The van der Waals surface area contributed by atoms with Crippen molar-refractivity contribution in [3.05, 3.63) is 41.0 Å². The van der Waals surface area contributed by atoms with Gasteiger partial charge < -0.3 is 4.90 Å². The Labute approximate surface area is 202 Å². The van der Waals surface area contributed by atoms with Gasteiger partial charge in [0.05, 0.1) is 0 Å². The van der Waals surface area contributed by atoms with Crippen LogP contribution >= 0.6 is 0 Å². The molecule has 1 saturated heterocycles. The summed E-state index contributed by atoms with van der Waals surface area (Å²) in [6.45, 7) is 7.17. The molecule has 6 nitrogen and oxygen atoms in total. The summed E-state index contributed by atoms with van der Waals surface area (Å²) < 4.78 is 0. The van der Waals surface area contributed by atoms with Crippen LogP contribution in [-0.4, -0.2) is 52.7 Å². The largest absolute Gasteiger partial charge is 0.322 e. The molecular weight excluding hydrogens is 426 g/mol. The first kappa shape index (κ1) is 23.3. The molecule has 0 radical (unpaired) electrons. The maximum atomic E-state index is 13.0. The van der Waals surface area contributed by atoms with Crippen molar-refractivity contribution >= 4 is 23.3 Å². The lowest BCUT2D eigenvalue weighted by Crippen LogP contribution is -2.52. The first-order valence-electron chi connectivity index (χ1n) is 13.1. The Morgan fingerprint density at radius 1 is 1.06 bits per heavy atom. The van der Waals surface area contributed by atoms with E-state index in [0.29, 0.717) is 23.9 Å². The van der Waals surface area contributed by atoms with Gasteiger partial charge in [0.15, 0.2) is 0 Å². The standard InChI is InChI=1S/C28H37N3O3/c1-3-11-28(12-4-2)16-22(17-28)30-13-9-19(10-14-30)20-5-6-23-21(15-20)18-31(27(23)34)24-7-8-25(32)29-26(24)33/h5-6,9,15,22,24H,3-4,7-8,10-14,16-18H2,1-2H3,(H,29,32,33). The van der Waals surface area contributed by atoms with Crippen molar-refractivity contribution in [1.82, 2.24) is 15.1 Å². The zero-order chi connectivity index (χ0) is 23.9. The number of nitrogens with zero attached hydrogens (tertiary/aromatic N) is 2. The fraction of sp³-hybridized carbons (Fsp3) is 0.607. The van der Waals surface area contributed by atoms with E-state index in [0.717, 1.165) is 31.1 Å². The summed E-state index contributed by atoms with van der Waals surface area (Å²) in [7, 11) is 0. The zero-order valence-electron chi connectivity index (χ0n) is 20.6. The molecule has 4 aliphatic rings. The van der Waals surface area contributed by atoms with Gasteiger partial charge in [0.25, 0.3) is 5.91 Å². The van der Waals surface area contributed by atoms with Crippen molar-refractivity contribution in [1.29, 1.82) is 0 Å². The number of piperidine rings is 1. The van der Waals surface area contributed by atoms with Gasteiger partial charge in [-0.15, -0.1) is 0 Å². The number of benzene rings is 1. The van der Waals surface area contributed by atoms with E-state index in [1.54, 1.807) is 4.90 Å². The summed E-state index contributed by atoms with van der Waals surface area (Å²) >= 11 is 0. The fourth-order valence-corrected chi connectivity index (χ4v) is 6.84.